The average Bonchev–Trinajstić information content (AvgIpc) is 2.34. The van der Waals surface area contributed by atoms with Gasteiger partial charge in [0.1, 0.15) is 5.60 Å². The van der Waals surface area contributed by atoms with Crippen LogP contribution in [0.1, 0.15) is 33.6 Å². The summed E-state index contributed by atoms with van der Waals surface area (Å²) in [6, 6.07) is -0.0691. The number of likely N-dealkylation sites (tertiary alicyclic amines) is 1. The highest BCUT2D eigenvalue weighted by atomic mass is 16.9. The van der Waals surface area contributed by atoms with Gasteiger partial charge < -0.3 is 19.8 Å². The van der Waals surface area contributed by atoms with E-state index in [9.17, 15) is 19.7 Å². The Morgan fingerprint density at radius 2 is 1.90 bits per heavy atom. The van der Waals surface area contributed by atoms with Gasteiger partial charge in [0.05, 0.1) is 0 Å². The Kier molecular flexibility index (Phi) is 5.74. The summed E-state index contributed by atoms with van der Waals surface area (Å²) in [5, 5.41) is 11.8. The molecule has 1 heterocycles. The van der Waals surface area contributed by atoms with Crippen LogP contribution < -0.4 is 5.32 Å². The lowest BCUT2D eigenvalue weighted by Crippen LogP contribution is -2.48. The van der Waals surface area contributed by atoms with E-state index < -0.39 is 29.3 Å². The second-order valence-electron chi connectivity index (χ2n) is 5.80. The zero-order valence-electron chi connectivity index (χ0n) is 12.5. The van der Waals surface area contributed by atoms with E-state index in [1.54, 1.807) is 20.8 Å². The number of piperidine rings is 1. The number of carbonyl (C=O) groups excluding carboxylic acids is 2. The zero-order valence-corrected chi connectivity index (χ0v) is 12.5. The maximum atomic E-state index is 11.6. The van der Waals surface area contributed by atoms with Crippen LogP contribution in [0.15, 0.2) is 0 Å². The molecular formula is C12H21N3O6. The van der Waals surface area contributed by atoms with E-state index in [4.69, 9.17) is 4.74 Å². The van der Waals surface area contributed by atoms with Gasteiger partial charge in [-0.25, -0.2) is 4.79 Å². The second kappa shape index (κ2) is 7.09. The summed E-state index contributed by atoms with van der Waals surface area (Å²) >= 11 is 0. The van der Waals surface area contributed by atoms with Crippen molar-refractivity contribution in [3.05, 3.63) is 10.1 Å². The van der Waals surface area contributed by atoms with Gasteiger partial charge in [-0.2, -0.15) is 0 Å². The molecular weight excluding hydrogens is 282 g/mol. The number of ether oxygens (including phenoxy) is 1. The van der Waals surface area contributed by atoms with Crippen molar-refractivity contribution in [1.82, 2.24) is 10.2 Å². The molecule has 120 valence electrons. The molecule has 21 heavy (non-hydrogen) atoms. The van der Waals surface area contributed by atoms with Crippen LogP contribution in [0.2, 0.25) is 0 Å². The van der Waals surface area contributed by atoms with Crippen LogP contribution in [0.3, 0.4) is 0 Å². The first kappa shape index (κ1) is 17.0. The van der Waals surface area contributed by atoms with Gasteiger partial charge in [0.2, 0.25) is 5.91 Å². The van der Waals surface area contributed by atoms with Gasteiger partial charge in [0, 0.05) is 19.1 Å². The molecule has 1 N–H and O–H groups in total. The number of carbonyl (C=O) groups is 2. The summed E-state index contributed by atoms with van der Waals surface area (Å²) in [4.78, 5) is 38.8. The van der Waals surface area contributed by atoms with E-state index in [2.05, 4.69) is 10.2 Å². The minimum absolute atomic E-state index is 0.0691. The Hall–Kier alpha value is -2.06. The third kappa shape index (κ3) is 6.77. The van der Waals surface area contributed by atoms with Gasteiger partial charge in [-0.3, -0.25) is 4.79 Å². The van der Waals surface area contributed by atoms with Crippen molar-refractivity contribution in [2.75, 3.05) is 19.7 Å². The Bertz CT molecular complexity index is 398. The Balaban J connectivity index is 2.30. The highest BCUT2D eigenvalue weighted by Crippen LogP contribution is 2.12. The maximum Gasteiger partial charge on any atom is 0.407 e. The molecule has 0 radical (unpaired) electrons. The molecule has 1 rings (SSSR count). The van der Waals surface area contributed by atoms with Crippen molar-refractivity contribution in [2.24, 2.45) is 0 Å². The van der Waals surface area contributed by atoms with Gasteiger partial charge in [0.25, 0.3) is 5.09 Å². The third-order valence-electron chi connectivity index (χ3n) is 2.86. The highest BCUT2D eigenvalue weighted by Gasteiger charge is 2.26. The molecule has 9 heteroatoms. The first-order chi connectivity index (χ1) is 9.67. The molecule has 1 saturated heterocycles. The summed E-state index contributed by atoms with van der Waals surface area (Å²) in [5.74, 6) is -0.428. The number of hydrogen-bond acceptors (Lipinski definition) is 6. The number of amides is 2. The smallest absolute Gasteiger partial charge is 0.407 e. The van der Waals surface area contributed by atoms with E-state index >= 15 is 0 Å². The van der Waals surface area contributed by atoms with Gasteiger partial charge in [-0.1, -0.05) is 0 Å². The van der Waals surface area contributed by atoms with E-state index in [1.807, 2.05) is 0 Å². The standard InChI is InChI=1S/C12H21N3O6/c1-12(2,3)21-11(17)13-9-4-6-14(7-5-9)10(16)8-20-15(18)19/h9H,4-8H2,1-3H3,(H,13,17). The average molecular weight is 303 g/mol. The first-order valence-electron chi connectivity index (χ1n) is 6.72. The molecule has 1 aliphatic heterocycles. The Labute approximate surface area is 122 Å². The summed E-state index contributed by atoms with van der Waals surface area (Å²) < 4.78 is 5.15. The fourth-order valence-corrected chi connectivity index (χ4v) is 1.95. The van der Waals surface area contributed by atoms with Crippen molar-refractivity contribution in [3.63, 3.8) is 0 Å². The molecule has 0 saturated carbocycles. The molecule has 0 aromatic rings. The van der Waals surface area contributed by atoms with E-state index in [1.165, 1.54) is 4.90 Å². The largest absolute Gasteiger partial charge is 0.444 e. The van der Waals surface area contributed by atoms with Crippen LogP contribution >= 0.6 is 0 Å². The second-order valence-corrected chi connectivity index (χ2v) is 5.80. The summed E-state index contributed by atoms with van der Waals surface area (Å²) in [6.07, 6.45) is 0.663. The number of alkyl carbamates (subject to hydrolysis) is 1. The fourth-order valence-electron chi connectivity index (χ4n) is 1.95. The van der Waals surface area contributed by atoms with Crippen molar-refractivity contribution in [3.8, 4) is 0 Å². The van der Waals surface area contributed by atoms with Crippen molar-refractivity contribution in [1.29, 1.82) is 0 Å². The molecule has 0 unspecified atom stereocenters. The monoisotopic (exact) mass is 303 g/mol. The van der Waals surface area contributed by atoms with Crippen molar-refractivity contribution < 1.29 is 24.3 Å². The number of nitrogens with one attached hydrogen (secondary N) is 1. The van der Waals surface area contributed by atoms with E-state index in [0.717, 1.165) is 0 Å². The van der Waals surface area contributed by atoms with Gasteiger partial charge in [-0.15, -0.1) is 10.1 Å². The van der Waals surface area contributed by atoms with Crippen LogP contribution in [0.5, 0.6) is 0 Å². The molecule has 0 bridgehead atoms. The van der Waals surface area contributed by atoms with Gasteiger partial charge in [0.15, 0.2) is 6.61 Å². The Morgan fingerprint density at radius 1 is 1.33 bits per heavy atom. The van der Waals surface area contributed by atoms with Gasteiger partial charge >= 0.3 is 6.09 Å². The molecule has 0 spiro atoms. The third-order valence-corrected chi connectivity index (χ3v) is 2.86. The molecule has 9 nitrogen and oxygen atoms in total. The number of hydrogen-bond donors (Lipinski definition) is 1. The number of rotatable bonds is 4. The van der Waals surface area contributed by atoms with E-state index in [-0.39, 0.29) is 6.04 Å². The van der Waals surface area contributed by atoms with Crippen LogP contribution in [-0.2, 0) is 14.4 Å². The molecule has 1 aliphatic rings. The Morgan fingerprint density at radius 3 is 2.38 bits per heavy atom. The normalized spacial score (nSPS) is 16.2. The van der Waals surface area contributed by atoms with Crippen molar-refractivity contribution in [2.45, 2.75) is 45.3 Å². The quantitative estimate of drug-likeness (QED) is 0.605. The molecule has 2 amide bonds. The van der Waals surface area contributed by atoms with Gasteiger partial charge in [-0.05, 0) is 33.6 Å². The van der Waals surface area contributed by atoms with E-state index in [0.29, 0.717) is 25.9 Å². The van der Waals surface area contributed by atoms with Crippen LogP contribution in [-0.4, -0.2) is 53.3 Å². The van der Waals surface area contributed by atoms with Crippen LogP contribution in [0.4, 0.5) is 4.79 Å². The molecule has 0 atom stereocenters. The topological polar surface area (TPSA) is 111 Å². The minimum Gasteiger partial charge on any atom is -0.444 e. The molecule has 0 aliphatic carbocycles. The number of nitrogens with zero attached hydrogens (tertiary/aromatic N) is 2. The SMILES string of the molecule is CC(C)(C)OC(=O)NC1CCN(C(=O)CO[N+](=O)[O-])CC1. The summed E-state index contributed by atoms with van der Waals surface area (Å²) in [6.45, 7) is 5.60. The first-order valence-corrected chi connectivity index (χ1v) is 6.72. The minimum atomic E-state index is -0.991. The lowest BCUT2D eigenvalue weighted by atomic mass is 10.1. The van der Waals surface area contributed by atoms with Crippen LogP contribution in [0.25, 0.3) is 0 Å². The highest BCUT2D eigenvalue weighted by molar-refractivity contribution is 5.77. The fraction of sp³-hybridized carbons (Fsp3) is 0.833. The molecule has 1 fully saturated rings. The lowest BCUT2D eigenvalue weighted by Gasteiger charge is -2.32. The zero-order chi connectivity index (χ0) is 16.0. The van der Waals surface area contributed by atoms with Crippen molar-refractivity contribution >= 4 is 12.0 Å². The summed E-state index contributed by atoms with van der Waals surface area (Å²) in [7, 11) is 0. The lowest BCUT2D eigenvalue weighted by molar-refractivity contribution is -0.754. The maximum absolute atomic E-state index is 11.6. The van der Waals surface area contributed by atoms with Crippen LogP contribution in [0, 0.1) is 10.1 Å². The summed E-state index contributed by atoms with van der Waals surface area (Å²) in [5.41, 5.74) is -0.555. The molecule has 0 aromatic carbocycles. The predicted molar refractivity (Wildman–Crippen MR) is 71.9 cm³/mol. The molecule has 0 aromatic heterocycles. The predicted octanol–water partition coefficient (Wildman–Crippen LogP) is 0.710.